The molecule has 0 aliphatic rings. The van der Waals surface area contributed by atoms with Crippen molar-refractivity contribution in [3.05, 3.63) is 0 Å². The fraction of sp³-hybridized carbons (Fsp3) is 0.923. The van der Waals surface area contributed by atoms with Crippen molar-refractivity contribution >= 4 is 17.9 Å². The van der Waals surface area contributed by atoms with Crippen LogP contribution in [0.3, 0.4) is 0 Å². The van der Waals surface area contributed by atoms with E-state index in [-0.39, 0.29) is 17.9 Å². The van der Waals surface area contributed by atoms with Crippen LogP contribution in [-0.4, -0.2) is 43.6 Å². The van der Waals surface area contributed by atoms with Crippen LogP contribution in [0.2, 0.25) is 0 Å². The molecule has 0 rings (SSSR count). The number of nitrogens with one attached hydrogen (secondary N) is 3. The highest BCUT2D eigenvalue weighted by Crippen LogP contribution is 2.14. The van der Waals surface area contributed by atoms with Crippen molar-refractivity contribution in [1.29, 1.82) is 0 Å². The molecule has 1 unspecified atom stereocenters. The molecule has 7 nitrogen and oxygen atoms in total. The van der Waals surface area contributed by atoms with Gasteiger partial charge in [0.2, 0.25) is 5.91 Å². The highest BCUT2D eigenvalue weighted by atomic mass is 16.5. The Kier molecular flexibility index (Phi) is 34.7. The van der Waals surface area contributed by atoms with Crippen molar-refractivity contribution in [1.82, 2.24) is 16.0 Å². The van der Waals surface area contributed by atoms with Crippen molar-refractivity contribution in [3.8, 4) is 0 Å². The predicted molar refractivity (Wildman–Crippen MR) is 195 cm³/mol. The molecule has 0 aromatic heterocycles. The Bertz CT molecular complexity index is 688. The molecule has 0 saturated heterocycles. The van der Waals surface area contributed by atoms with Gasteiger partial charge in [0.25, 0.3) is 0 Å². The lowest BCUT2D eigenvalue weighted by atomic mass is 10.0. The number of ether oxygens (including phenoxy) is 1. The van der Waals surface area contributed by atoms with Gasteiger partial charge in [-0.25, -0.2) is 9.59 Å². The zero-order valence-corrected chi connectivity index (χ0v) is 30.8. The Morgan fingerprint density at radius 1 is 0.478 bits per heavy atom. The molecule has 0 aliphatic carbocycles. The fourth-order valence-electron chi connectivity index (χ4n) is 5.97. The van der Waals surface area contributed by atoms with E-state index in [0.29, 0.717) is 32.5 Å². The maximum atomic E-state index is 12.5. The zero-order chi connectivity index (χ0) is 33.8. The SMILES string of the molecule is CCCCCCCCCCCCCCCCCCNC(=O)NCCCCC(NC(=O)CCCCCCCCCCC)C(=O)OCC. The van der Waals surface area contributed by atoms with Crippen LogP contribution in [0.15, 0.2) is 0 Å². The third kappa shape index (κ3) is 32.2. The number of hydrogen-bond donors (Lipinski definition) is 3. The molecule has 0 fully saturated rings. The Hall–Kier alpha value is -1.79. The first-order chi connectivity index (χ1) is 22.5. The van der Waals surface area contributed by atoms with E-state index in [4.69, 9.17) is 4.74 Å². The van der Waals surface area contributed by atoms with Crippen LogP contribution in [-0.2, 0) is 14.3 Å². The molecule has 3 N–H and O–H groups in total. The van der Waals surface area contributed by atoms with Gasteiger partial charge in [0.05, 0.1) is 6.61 Å². The third-order valence-corrected chi connectivity index (χ3v) is 8.93. The number of esters is 1. The summed E-state index contributed by atoms with van der Waals surface area (Å²) in [7, 11) is 0. The van der Waals surface area contributed by atoms with Gasteiger partial charge in [-0.1, -0.05) is 162 Å². The van der Waals surface area contributed by atoms with Gasteiger partial charge in [0, 0.05) is 19.5 Å². The molecule has 0 bridgehead atoms. The lowest BCUT2D eigenvalue weighted by Crippen LogP contribution is -2.42. The van der Waals surface area contributed by atoms with Gasteiger partial charge in [-0.2, -0.15) is 0 Å². The maximum Gasteiger partial charge on any atom is 0.328 e. The summed E-state index contributed by atoms with van der Waals surface area (Å²) in [5, 5.41) is 8.75. The molecule has 0 aromatic rings. The summed E-state index contributed by atoms with van der Waals surface area (Å²) in [5.74, 6) is -0.444. The molecular weight excluding hydrogens is 574 g/mol. The van der Waals surface area contributed by atoms with Gasteiger partial charge in [0.1, 0.15) is 6.04 Å². The zero-order valence-electron chi connectivity index (χ0n) is 30.8. The summed E-state index contributed by atoms with van der Waals surface area (Å²) >= 11 is 0. The van der Waals surface area contributed by atoms with Crippen LogP contribution in [0.25, 0.3) is 0 Å². The topological polar surface area (TPSA) is 96.5 Å². The number of amides is 3. The first-order valence-electron chi connectivity index (χ1n) is 20.0. The van der Waals surface area contributed by atoms with Crippen molar-refractivity contribution in [2.45, 2.75) is 213 Å². The molecule has 0 saturated carbocycles. The second-order valence-electron chi connectivity index (χ2n) is 13.4. The van der Waals surface area contributed by atoms with Crippen LogP contribution >= 0.6 is 0 Å². The fourth-order valence-corrected chi connectivity index (χ4v) is 5.97. The minimum atomic E-state index is -0.616. The summed E-state index contributed by atoms with van der Waals surface area (Å²) in [6.07, 6.45) is 34.8. The molecule has 3 amide bonds. The van der Waals surface area contributed by atoms with Crippen LogP contribution in [0, 0.1) is 0 Å². The Labute approximate surface area is 285 Å². The number of rotatable bonds is 35. The molecule has 46 heavy (non-hydrogen) atoms. The van der Waals surface area contributed by atoms with E-state index < -0.39 is 6.04 Å². The van der Waals surface area contributed by atoms with Gasteiger partial charge >= 0.3 is 12.0 Å². The van der Waals surface area contributed by atoms with Crippen LogP contribution in [0.1, 0.15) is 207 Å². The summed E-state index contributed by atoms with van der Waals surface area (Å²) in [6, 6.07) is -0.744. The van der Waals surface area contributed by atoms with E-state index in [9.17, 15) is 14.4 Å². The molecule has 0 radical (unpaired) electrons. The average molecular weight is 652 g/mol. The number of urea groups is 1. The highest BCUT2D eigenvalue weighted by Gasteiger charge is 2.21. The first-order valence-corrected chi connectivity index (χ1v) is 20.0. The van der Waals surface area contributed by atoms with Gasteiger partial charge in [0.15, 0.2) is 0 Å². The first kappa shape index (κ1) is 44.2. The molecule has 0 heterocycles. The Morgan fingerprint density at radius 3 is 1.26 bits per heavy atom. The van der Waals surface area contributed by atoms with Crippen molar-refractivity contribution < 1.29 is 19.1 Å². The number of carbonyl (C=O) groups excluding carboxylic acids is 3. The minimum Gasteiger partial charge on any atom is -0.464 e. The molecule has 1 atom stereocenters. The Balaban J connectivity index is 3.72. The second-order valence-corrected chi connectivity index (χ2v) is 13.4. The quantitative estimate of drug-likeness (QED) is 0.0469. The molecule has 7 heteroatoms. The highest BCUT2D eigenvalue weighted by molar-refractivity contribution is 5.84. The monoisotopic (exact) mass is 652 g/mol. The van der Waals surface area contributed by atoms with E-state index >= 15 is 0 Å². The minimum absolute atomic E-state index is 0.0763. The Morgan fingerprint density at radius 2 is 0.848 bits per heavy atom. The normalized spacial score (nSPS) is 11.7. The summed E-state index contributed by atoms with van der Waals surface area (Å²) in [4.78, 5) is 37.0. The van der Waals surface area contributed by atoms with Crippen LogP contribution < -0.4 is 16.0 Å². The molecule has 0 spiro atoms. The van der Waals surface area contributed by atoms with E-state index in [2.05, 4.69) is 29.8 Å². The van der Waals surface area contributed by atoms with Gasteiger partial charge < -0.3 is 20.7 Å². The van der Waals surface area contributed by atoms with E-state index in [0.717, 1.165) is 32.1 Å². The second kappa shape index (κ2) is 36.1. The largest absolute Gasteiger partial charge is 0.464 e. The van der Waals surface area contributed by atoms with Crippen LogP contribution in [0.4, 0.5) is 4.79 Å². The van der Waals surface area contributed by atoms with E-state index in [1.54, 1.807) is 6.92 Å². The standard InChI is InChI=1S/C39H77N3O4/c1-4-7-9-11-13-15-16-17-18-19-20-21-23-25-27-30-34-40-39(45)41-35-31-29-32-36(38(44)46-6-3)42-37(43)33-28-26-24-22-14-12-10-8-5-2/h36H,4-35H2,1-3H3,(H,42,43)(H2,40,41,45). The summed E-state index contributed by atoms with van der Waals surface area (Å²) in [5.41, 5.74) is 0. The van der Waals surface area contributed by atoms with Crippen molar-refractivity contribution in [2.24, 2.45) is 0 Å². The van der Waals surface area contributed by atoms with E-state index in [1.807, 2.05) is 0 Å². The molecule has 0 aromatic carbocycles. The number of carbonyl (C=O) groups is 3. The summed E-state index contributed by atoms with van der Waals surface area (Å²) < 4.78 is 5.19. The van der Waals surface area contributed by atoms with Crippen molar-refractivity contribution in [2.75, 3.05) is 19.7 Å². The number of hydrogen-bond acceptors (Lipinski definition) is 4. The molecule has 272 valence electrons. The van der Waals surface area contributed by atoms with Crippen LogP contribution in [0.5, 0.6) is 0 Å². The lowest BCUT2D eigenvalue weighted by Gasteiger charge is -2.17. The third-order valence-electron chi connectivity index (χ3n) is 8.93. The summed E-state index contributed by atoms with van der Waals surface area (Å²) in [6.45, 7) is 7.85. The average Bonchev–Trinajstić information content (AvgIpc) is 3.04. The molecular formula is C39H77N3O4. The maximum absolute atomic E-state index is 12.5. The van der Waals surface area contributed by atoms with Gasteiger partial charge in [-0.3, -0.25) is 4.79 Å². The molecule has 0 aliphatic heterocycles. The van der Waals surface area contributed by atoms with Crippen molar-refractivity contribution in [3.63, 3.8) is 0 Å². The predicted octanol–water partition coefficient (Wildman–Crippen LogP) is 10.7. The van der Waals surface area contributed by atoms with E-state index in [1.165, 1.54) is 141 Å². The van der Waals surface area contributed by atoms with Gasteiger partial charge in [-0.15, -0.1) is 0 Å². The number of unbranched alkanes of at least 4 members (excludes halogenated alkanes) is 24. The van der Waals surface area contributed by atoms with Gasteiger partial charge in [-0.05, 0) is 39.0 Å². The smallest absolute Gasteiger partial charge is 0.328 e. The lowest BCUT2D eigenvalue weighted by molar-refractivity contribution is -0.147.